The molecule has 3 aliphatic rings. The zero-order chi connectivity index (χ0) is 12.2. The summed E-state index contributed by atoms with van der Waals surface area (Å²) in [6.45, 7) is 1.89. The molecule has 2 N–H and O–H groups in total. The maximum atomic E-state index is 11.2. The number of carbonyl (C=O) groups excluding carboxylic acids is 1. The first kappa shape index (κ1) is 10.9. The summed E-state index contributed by atoms with van der Waals surface area (Å²) in [5.74, 6) is -0.229. The highest BCUT2D eigenvalue weighted by Crippen LogP contribution is 2.42. The van der Waals surface area contributed by atoms with Crippen LogP contribution in [0.5, 0.6) is 0 Å². The van der Waals surface area contributed by atoms with E-state index in [-0.39, 0.29) is 18.5 Å². The molecule has 0 unspecified atom stereocenters. The van der Waals surface area contributed by atoms with E-state index in [9.17, 15) is 9.90 Å². The van der Waals surface area contributed by atoms with Crippen LogP contribution in [0.1, 0.15) is 13.3 Å². The molecule has 4 atom stereocenters. The van der Waals surface area contributed by atoms with Crippen molar-refractivity contribution in [3.8, 4) is 0 Å². The van der Waals surface area contributed by atoms with Gasteiger partial charge in [-0.05, 0) is 6.92 Å². The summed E-state index contributed by atoms with van der Waals surface area (Å²) in [4.78, 5) is 16.7. The number of ether oxygens (including phenoxy) is 2. The molecule has 94 valence electrons. The van der Waals surface area contributed by atoms with Crippen molar-refractivity contribution in [1.29, 1.82) is 0 Å². The third-order valence-electron chi connectivity index (χ3n) is 3.54. The zero-order valence-electron chi connectivity index (χ0n) is 9.37. The fourth-order valence-electron chi connectivity index (χ4n) is 2.56. The second-order valence-electron chi connectivity index (χ2n) is 4.67. The van der Waals surface area contributed by atoms with Crippen LogP contribution in [0.15, 0.2) is 4.99 Å². The van der Waals surface area contributed by atoms with Gasteiger partial charge < -0.3 is 19.7 Å². The number of amidine groups is 1. The molecular formula is C10H14N2O5. The van der Waals surface area contributed by atoms with E-state index >= 15 is 0 Å². The van der Waals surface area contributed by atoms with E-state index in [1.165, 1.54) is 0 Å². The summed E-state index contributed by atoms with van der Waals surface area (Å²) in [5, 5.41) is 19.2. The molecule has 0 aromatic carbocycles. The Balaban J connectivity index is 1.94. The predicted octanol–water partition coefficient (Wildman–Crippen LogP) is -1.56. The summed E-state index contributed by atoms with van der Waals surface area (Å²) < 4.78 is 11.1. The minimum absolute atomic E-state index is 0.212. The molecule has 0 bridgehead atoms. The lowest BCUT2D eigenvalue weighted by Crippen LogP contribution is -2.47. The third kappa shape index (κ3) is 1.33. The average molecular weight is 242 g/mol. The maximum Gasteiger partial charge on any atom is 0.298 e. The summed E-state index contributed by atoms with van der Waals surface area (Å²) in [6, 6.07) is 0.212. The summed E-state index contributed by atoms with van der Waals surface area (Å²) in [6.07, 6.45) is -1.80. The van der Waals surface area contributed by atoms with Crippen LogP contribution in [-0.2, 0) is 14.3 Å². The Morgan fingerprint density at radius 1 is 1.65 bits per heavy atom. The quantitative estimate of drug-likeness (QED) is 0.578. The van der Waals surface area contributed by atoms with Gasteiger partial charge in [-0.1, -0.05) is 0 Å². The minimum atomic E-state index is -0.975. The molecule has 2 saturated heterocycles. The lowest BCUT2D eigenvalue weighted by atomic mass is 9.97. The number of aliphatic hydroxyl groups is 2. The van der Waals surface area contributed by atoms with Gasteiger partial charge in [0, 0.05) is 13.0 Å². The Morgan fingerprint density at radius 2 is 2.41 bits per heavy atom. The van der Waals surface area contributed by atoms with Crippen LogP contribution in [-0.4, -0.2) is 64.2 Å². The number of hydrogen-bond acceptors (Lipinski definition) is 6. The average Bonchev–Trinajstić information content (AvgIpc) is 2.69. The molecule has 0 aromatic rings. The van der Waals surface area contributed by atoms with E-state index in [0.717, 1.165) is 0 Å². The van der Waals surface area contributed by atoms with Crippen LogP contribution in [0.25, 0.3) is 0 Å². The van der Waals surface area contributed by atoms with Crippen molar-refractivity contribution in [2.45, 2.75) is 37.4 Å². The van der Waals surface area contributed by atoms with E-state index in [1.807, 2.05) is 0 Å². The Morgan fingerprint density at radius 3 is 3.12 bits per heavy atom. The van der Waals surface area contributed by atoms with Gasteiger partial charge in [0.1, 0.15) is 12.2 Å². The number of hydrogen-bond donors (Lipinski definition) is 2. The number of carbonyl (C=O) groups is 1. The van der Waals surface area contributed by atoms with E-state index in [1.54, 1.807) is 11.8 Å². The molecular weight excluding hydrogens is 228 g/mol. The van der Waals surface area contributed by atoms with Gasteiger partial charge in [0.05, 0.1) is 6.61 Å². The molecule has 3 aliphatic heterocycles. The summed E-state index contributed by atoms with van der Waals surface area (Å²) >= 11 is 0. The topological polar surface area (TPSA) is 91.6 Å². The van der Waals surface area contributed by atoms with Gasteiger partial charge in [0.25, 0.3) is 11.9 Å². The number of nitrogens with zero attached hydrogens (tertiary/aromatic N) is 2. The molecule has 0 radical (unpaired) electrons. The molecule has 1 amide bonds. The molecule has 0 aromatic heterocycles. The first-order valence-corrected chi connectivity index (χ1v) is 5.58. The summed E-state index contributed by atoms with van der Waals surface area (Å²) in [7, 11) is 0. The van der Waals surface area contributed by atoms with Gasteiger partial charge in [-0.3, -0.25) is 9.69 Å². The Hall–Kier alpha value is -1.18. The van der Waals surface area contributed by atoms with Crippen LogP contribution in [0.3, 0.4) is 0 Å². The van der Waals surface area contributed by atoms with Crippen LogP contribution >= 0.6 is 0 Å². The molecule has 3 rings (SSSR count). The van der Waals surface area contributed by atoms with Crippen molar-refractivity contribution in [2.24, 2.45) is 4.99 Å². The van der Waals surface area contributed by atoms with E-state index in [2.05, 4.69) is 4.99 Å². The number of rotatable bonds is 1. The van der Waals surface area contributed by atoms with Gasteiger partial charge in [-0.15, -0.1) is 0 Å². The summed E-state index contributed by atoms with van der Waals surface area (Å²) in [5.41, 5.74) is -0.975. The molecule has 7 heteroatoms. The fraction of sp³-hybridized carbons (Fsp3) is 0.800. The van der Waals surface area contributed by atoms with Crippen molar-refractivity contribution in [3.05, 3.63) is 0 Å². The first-order chi connectivity index (χ1) is 8.06. The number of amides is 1. The molecule has 0 aliphatic carbocycles. The second kappa shape index (κ2) is 3.41. The number of fused-ring (bicyclic) bond motifs is 3. The normalized spacial score (nSPS) is 44.2. The van der Waals surface area contributed by atoms with Crippen molar-refractivity contribution in [1.82, 2.24) is 4.90 Å². The van der Waals surface area contributed by atoms with E-state index < -0.39 is 24.0 Å². The minimum Gasteiger partial charge on any atom is -0.451 e. The lowest BCUT2D eigenvalue weighted by molar-refractivity contribution is -0.119. The largest absolute Gasteiger partial charge is 0.451 e. The highest BCUT2D eigenvalue weighted by Gasteiger charge is 2.63. The zero-order valence-corrected chi connectivity index (χ0v) is 9.37. The van der Waals surface area contributed by atoms with Crippen molar-refractivity contribution >= 4 is 11.9 Å². The highest BCUT2D eigenvalue weighted by molar-refractivity contribution is 5.94. The third-order valence-corrected chi connectivity index (χ3v) is 3.54. The van der Waals surface area contributed by atoms with E-state index in [0.29, 0.717) is 13.0 Å². The monoisotopic (exact) mass is 242 g/mol. The molecule has 0 saturated carbocycles. The van der Waals surface area contributed by atoms with Crippen molar-refractivity contribution < 1.29 is 24.5 Å². The Kier molecular flexibility index (Phi) is 2.19. The van der Waals surface area contributed by atoms with Gasteiger partial charge in [-0.2, -0.15) is 4.99 Å². The van der Waals surface area contributed by atoms with E-state index in [4.69, 9.17) is 14.6 Å². The molecule has 7 nitrogen and oxygen atoms in total. The second-order valence-corrected chi connectivity index (χ2v) is 4.67. The standard InChI is InChI=1S/C10H14N2O5/c1-10-7(15)5(4-13)16-8(10)12-3-2-6(14)11-9(12)17-10/h5,7-8,13,15H,2-4H2,1H3/t5-,7-,8-,10+/m1/s1. The SMILES string of the molecule is C[C@@]12OC3=NC(=O)CCN3[C@@H]1O[C@H](CO)[C@H]2O. The van der Waals surface area contributed by atoms with Gasteiger partial charge >= 0.3 is 0 Å². The van der Waals surface area contributed by atoms with Crippen LogP contribution in [0, 0.1) is 0 Å². The number of aliphatic imine (C=N–C) groups is 1. The van der Waals surface area contributed by atoms with Gasteiger partial charge in [0.2, 0.25) is 0 Å². The predicted molar refractivity (Wildman–Crippen MR) is 55.0 cm³/mol. The fourth-order valence-corrected chi connectivity index (χ4v) is 2.56. The number of aliphatic hydroxyl groups excluding tert-OH is 2. The lowest BCUT2D eigenvalue weighted by Gasteiger charge is -2.25. The highest BCUT2D eigenvalue weighted by atomic mass is 16.6. The van der Waals surface area contributed by atoms with Gasteiger partial charge in [0.15, 0.2) is 11.8 Å². The van der Waals surface area contributed by atoms with Crippen LogP contribution in [0.4, 0.5) is 0 Å². The Bertz CT molecular complexity index is 398. The molecule has 17 heavy (non-hydrogen) atoms. The van der Waals surface area contributed by atoms with Gasteiger partial charge in [-0.25, -0.2) is 0 Å². The maximum absolute atomic E-state index is 11.2. The van der Waals surface area contributed by atoms with Crippen molar-refractivity contribution in [3.63, 3.8) is 0 Å². The molecule has 0 spiro atoms. The Labute approximate surface area is 97.6 Å². The van der Waals surface area contributed by atoms with Crippen LogP contribution in [0.2, 0.25) is 0 Å². The van der Waals surface area contributed by atoms with Crippen molar-refractivity contribution in [2.75, 3.05) is 13.2 Å². The first-order valence-electron chi connectivity index (χ1n) is 5.58. The molecule has 3 heterocycles. The van der Waals surface area contributed by atoms with Crippen LogP contribution < -0.4 is 0 Å². The smallest absolute Gasteiger partial charge is 0.298 e. The molecule has 2 fully saturated rings.